The fourth-order valence-corrected chi connectivity index (χ4v) is 2.31. The van der Waals surface area contributed by atoms with Crippen molar-refractivity contribution in [1.82, 2.24) is 0 Å². The lowest BCUT2D eigenvalue weighted by atomic mass is 10.2. The third kappa shape index (κ3) is 3.08. The number of halogens is 3. The highest BCUT2D eigenvalue weighted by atomic mass is 79.9. The molecule has 0 fully saturated rings. The van der Waals surface area contributed by atoms with Crippen LogP contribution in [0.3, 0.4) is 0 Å². The van der Waals surface area contributed by atoms with Crippen LogP contribution in [0, 0.1) is 15.9 Å². The van der Waals surface area contributed by atoms with Crippen molar-refractivity contribution in [2.45, 2.75) is 5.33 Å². The van der Waals surface area contributed by atoms with E-state index < -0.39 is 10.7 Å². The van der Waals surface area contributed by atoms with Gasteiger partial charge in [-0.15, -0.1) is 0 Å². The molecule has 0 atom stereocenters. The molecule has 0 aromatic heterocycles. The first-order valence-electron chi connectivity index (χ1n) is 5.48. The minimum Gasteiger partial charge on any atom is -0.450 e. The summed E-state index contributed by atoms with van der Waals surface area (Å²) in [5, 5.41) is 11.4. The van der Waals surface area contributed by atoms with Gasteiger partial charge in [0.05, 0.1) is 4.92 Å². The Kier molecular flexibility index (Phi) is 4.57. The fourth-order valence-electron chi connectivity index (χ4n) is 1.60. The van der Waals surface area contributed by atoms with Crippen LogP contribution in [0.25, 0.3) is 0 Å². The zero-order valence-corrected chi connectivity index (χ0v) is 12.3. The summed E-state index contributed by atoms with van der Waals surface area (Å²) in [7, 11) is 0. The molecule has 0 N–H and O–H groups in total. The maximum atomic E-state index is 13.6. The number of hydrogen-bond donors (Lipinski definition) is 0. The summed E-state index contributed by atoms with van der Waals surface area (Å²) in [6.07, 6.45) is 0. The largest absolute Gasteiger partial charge is 0.450 e. The summed E-state index contributed by atoms with van der Waals surface area (Å²) < 4.78 is 19.1. The summed E-state index contributed by atoms with van der Waals surface area (Å²) in [6, 6.07) is 8.33. The Balaban J connectivity index is 2.45. The van der Waals surface area contributed by atoms with E-state index in [0.717, 1.165) is 0 Å². The van der Waals surface area contributed by atoms with Crippen molar-refractivity contribution in [3.05, 3.63) is 62.9 Å². The van der Waals surface area contributed by atoms with Crippen LogP contribution < -0.4 is 4.74 Å². The highest BCUT2D eigenvalue weighted by Crippen LogP contribution is 2.35. The van der Waals surface area contributed by atoms with Crippen LogP contribution in [0.5, 0.6) is 11.5 Å². The number of nitrogens with zero attached hydrogens (tertiary/aromatic N) is 1. The molecule has 0 aliphatic heterocycles. The smallest absolute Gasteiger partial charge is 0.313 e. The Morgan fingerprint density at radius 1 is 1.30 bits per heavy atom. The summed E-state index contributed by atoms with van der Waals surface area (Å²) in [5.74, 6) is -0.226. The van der Waals surface area contributed by atoms with Crippen LogP contribution in [-0.4, -0.2) is 4.92 Å². The Labute approximate surface area is 127 Å². The van der Waals surface area contributed by atoms with Crippen molar-refractivity contribution < 1.29 is 14.1 Å². The predicted molar refractivity (Wildman–Crippen MR) is 77.2 cm³/mol. The van der Waals surface area contributed by atoms with Crippen LogP contribution >= 0.6 is 27.5 Å². The third-order valence-corrected chi connectivity index (χ3v) is 3.34. The number of hydrogen-bond acceptors (Lipinski definition) is 3. The molecule has 0 saturated heterocycles. The molecule has 2 aromatic carbocycles. The molecule has 4 nitrogen and oxygen atoms in total. The van der Waals surface area contributed by atoms with Gasteiger partial charge in [-0.25, -0.2) is 4.39 Å². The normalized spacial score (nSPS) is 10.3. The second-order valence-corrected chi connectivity index (χ2v) is 4.82. The van der Waals surface area contributed by atoms with Crippen LogP contribution in [0.1, 0.15) is 5.56 Å². The summed E-state index contributed by atoms with van der Waals surface area (Å²) >= 11 is 8.88. The second-order valence-electron chi connectivity index (χ2n) is 3.82. The number of alkyl halides is 1. The van der Waals surface area contributed by atoms with Gasteiger partial charge >= 0.3 is 5.69 Å². The van der Waals surface area contributed by atoms with Crippen molar-refractivity contribution in [2.24, 2.45) is 0 Å². The van der Waals surface area contributed by atoms with Gasteiger partial charge in [0.2, 0.25) is 5.75 Å². The van der Waals surface area contributed by atoms with Gasteiger partial charge in [0.15, 0.2) is 0 Å². The lowest BCUT2D eigenvalue weighted by Crippen LogP contribution is -1.96. The van der Waals surface area contributed by atoms with Crippen LogP contribution in [0.15, 0.2) is 36.4 Å². The average molecular weight is 361 g/mol. The zero-order chi connectivity index (χ0) is 14.7. The van der Waals surface area contributed by atoms with Gasteiger partial charge in [-0.1, -0.05) is 33.6 Å². The fraction of sp³-hybridized carbons (Fsp3) is 0.0769. The Bertz CT molecular complexity index is 666. The van der Waals surface area contributed by atoms with E-state index in [9.17, 15) is 14.5 Å². The first-order valence-corrected chi connectivity index (χ1v) is 6.98. The highest BCUT2D eigenvalue weighted by Gasteiger charge is 2.18. The molecule has 0 aliphatic carbocycles. The predicted octanol–water partition coefficient (Wildman–Crippen LogP) is 5.07. The van der Waals surface area contributed by atoms with Crippen molar-refractivity contribution >= 4 is 33.2 Å². The highest BCUT2D eigenvalue weighted by molar-refractivity contribution is 9.08. The third-order valence-electron chi connectivity index (χ3n) is 2.55. The summed E-state index contributed by atoms with van der Waals surface area (Å²) in [5.41, 5.74) is 0.0130. The van der Waals surface area contributed by atoms with Gasteiger partial charge < -0.3 is 4.74 Å². The molecule has 0 radical (unpaired) electrons. The summed E-state index contributed by atoms with van der Waals surface area (Å²) in [4.78, 5) is 10.4. The van der Waals surface area contributed by atoms with E-state index in [4.69, 9.17) is 16.3 Å². The number of benzene rings is 2. The van der Waals surface area contributed by atoms with Gasteiger partial charge in [-0.05, 0) is 24.3 Å². The Morgan fingerprint density at radius 3 is 2.70 bits per heavy atom. The number of nitro groups is 1. The van der Waals surface area contributed by atoms with Crippen LogP contribution in [-0.2, 0) is 5.33 Å². The molecule has 7 heteroatoms. The molecule has 2 aromatic rings. The number of rotatable bonds is 4. The van der Waals surface area contributed by atoms with Crippen molar-refractivity contribution in [2.75, 3.05) is 0 Å². The Hall–Kier alpha value is -1.66. The lowest BCUT2D eigenvalue weighted by Gasteiger charge is -2.10. The zero-order valence-electron chi connectivity index (χ0n) is 9.98. The summed E-state index contributed by atoms with van der Waals surface area (Å²) in [6.45, 7) is 0. The minimum absolute atomic E-state index is 0.00667. The molecular formula is C13H8BrClFNO3. The van der Waals surface area contributed by atoms with Crippen LogP contribution in [0.2, 0.25) is 5.02 Å². The molecule has 0 heterocycles. The molecule has 0 amide bonds. The van der Waals surface area contributed by atoms with E-state index in [1.54, 1.807) is 0 Å². The first-order chi connectivity index (χ1) is 9.52. The number of nitro benzene ring substituents is 1. The first kappa shape index (κ1) is 14.7. The molecule has 104 valence electrons. The molecule has 0 bridgehead atoms. The quantitative estimate of drug-likeness (QED) is 0.434. The molecule has 0 unspecified atom stereocenters. The van der Waals surface area contributed by atoms with Gasteiger partial charge in [0.1, 0.15) is 11.6 Å². The van der Waals surface area contributed by atoms with E-state index in [2.05, 4.69) is 15.9 Å². The minimum atomic E-state index is -0.603. The molecule has 0 spiro atoms. The van der Waals surface area contributed by atoms with Gasteiger partial charge in [-0.2, -0.15) is 0 Å². The second kappa shape index (κ2) is 6.19. The maximum Gasteiger partial charge on any atom is 0.313 e. The van der Waals surface area contributed by atoms with Crippen molar-refractivity contribution in [1.29, 1.82) is 0 Å². The van der Waals surface area contributed by atoms with Gasteiger partial charge in [-0.3, -0.25) is 10.1 Å². The SMILES string of the molecule is O=[N+]([O-])c1cc(Cl)ccc1Oc1cccc(F)c1CBr. The van der Waals surface area contributed by atoms with E-state index in [-0.39, 0.29) is 33.1 Å². The molecule has 2 rings (SSSR count). The monoisotopic (exact) mass is 359 g/mol. The van der Waals surface area contributed by atoms with Crippen molar-refractivity contribution in [3.8, 4) is 11.5 Å². The molecule has 20 heavy (non-hydrogen) atoms. The molecular weight excluding hydrogens is 353 g/mol. The topological polar surface area (TPSA) is 52.4 Å². The molecule has 0 aliphatic rings. The van der Waals surface area contributed by atoms with E-state index in [1.807, 2.05) is 0 Å². The standard InChI is InChI=1S/C13H8BrClFNO3/c14-7-9-10(16)2-1-3-12(9)20-13-5-4-8(15)6-11(13)17(18)19/h1-6H,7H2. The van der Waals surface area contributed by atoms with E-state index >= 15 is 0 Å². The lowest BCUT2D eigenvalue weighted by molar-refractivity contribution is -0.385. The van der Waals surface area contributed by atoms with E-state index in [0.29, 0.717) is 0 Å². The van der Waals surface area contributed by atoms with Gasteiger partial charge in [0, 0.05) is 22.0 Å². The van der Waals surface area contributed by atoms with Gasteiger partial charge in [0.25, 0.3) is 0 Å². The number of ether oxygens (including phenoxy) is 1. The van der Waals surface area contributed by atoms with Crippen molar-refractivity contribution in [3.63, 3.8) is 0 Å². The maximum absolute atomic E-state index is 13.6. The van der Waals surface area contributed by atoms with Crippen LogP contribution in [0.4, 0.5) is 10.1 Å². The average Bonchev–Trinajstić information content (AvgIpc) is 2.41. The van der Waals surface area contributed by atoms with E-state index in [1.165, 1.54) is 36.4 Å². The molecule has 0 saturated carbocycles. The Morgan fingerprint density at radius 2 is 2.05 bits per heavy atom.